The summed E-state index contributed by atoms with van der Waals surface area (Å²) >= 11 is 1.92. The molecule has 1 atom stereocenters. The quantitative estimate of drug-likeness (QED) is 0.710. The fourth-order valence-electron chi connectivity index (χ4n) is 1.42. The van der Waals surface area contributed by atoms with Gasteiger partial charge in [-0.15, -0.1) is 0 Å². The third-order valence-corrected chi connectivity index (χ3v) is 3.37. The number of hydrogen-bond acceptors (Lipinski definition) is 3. The minimum atomic E-state index is 0.146. The van der Waals surface area contributed by atoms with Crippen molar-refractivity contribution >= 4 is 17.7 Å². The Balaban J connectivity index is 2.14. The predicted molar refractivity (Wildman–Crippen MR) is 66.2 cm³/mol. The Morgan fingerprint density at radius 1 is 1.60 bits per heavy atom. The van der Waals surface area contributed by atoms with E-state index < -0.39 is 0 Å². The molecular weight excluding hydrogens is 208 g/mol. The summed E-state index contributed by atoms with van der Waals surface area (Å²) in [6, 6.07) is 0.357. The highest BCUT2D eigenvalue weighted by molar-refractivity contribution is 7.99. The van der Waals surface area contributed by atoms with Gasteiger partial charge < -0.3 is 10.6 Å². The molecule has 0 bridgehead atoms. The van der Waals surface area contributed by atoms with E-state index in [4.69, 9.17) is 0 Å². The first-order valence-electron chi connectivity index (χ1n) is 5.39. The maximum Gasteiger partial charge on any atom is 0.221 e. The maximum absolute atomic E-state index is 11.5. The van der Waals surface area contributed by atoms with E-state index in [1.54, 1.807) is 0 Å². The van der Waals surface area contributed by atoms with Crippen LogP contribution in [0.15, 0.2) is 11.6 Å². The van der Waals surface area contributed by atoms with Crippen molar-refractivity contribution in [1.29, 1.82) is 0 Å². The highest BCUT2D eigenvalue weighted by Crippen LogP contribution is 2.09. The Kier molecular flexibility index (Phi) is 5.79. The van der Waals surface area contributed by atoms with Crippen LogP contribution in [0.2, 0.25) is 0 Å². The molecule has 2 N–H and O–H groups in total. The number of allylic oxidation sites excluding steroid dienone is 1. The predicted octanol–water partition coefficient (Wildman–Crippen LogP) is 1.16. The van der Waals surface area contributed by atoms with Crippen LogP contribution in [-0.4, -0.2) is 36.5 Å². The van der Waals surface area contributed by atoms with Gasteiger partial charge in [0, 0.05) is 37.1 Å². The molecule has 0 spiro atoms. The second kappa shape index (κ2) is 6.90. The molecule has 1 saturated heterocycles. The molecule has 3 nitrogen and oxygen atoms in total. The van der Waals surface area contributed by atoms with Crippen LogP contribution in [0, 0.1) is 0 Å². The Hall–Kier alpha value is -0.480. The molecule has 1 aliphatic rings. The number of carbonyl (C=O) groups excluding carboxylic acids is 1. The first kappa shape index (κ1) is 12.6. The van der Waals surface area contributed by atoms with Crippen molar-refractivity contribution in [2.75, 3.05) is 24.6 Å². The van der Waals surface area contributed by atoms with E-state index in [0.717, 1.165) is 18.1 Å². The molecular formula is C11H20N2OS. The van der Waals surface area contributed by atoms with Gasteiger partial charge in [0.1, 0.15) is 0 Å². The van der Waals surface area contributed by atoms with Gasteiger partial charge in [-0.25, -0.2) is 0 Å². The molecule has 86 valence electrons. The van der Waals surface area contributed by atoms with Crippen LogP contribution in [-0.2, 0) is 4.79 Å². The lowest BCUT2D eigenvalue weighted by Crippen LogP contribution is -2.41. The number of nitrogens with one attached hydrogen (secondary N) is 2. The van der Waals surface area contributed by atoms with Crippen LogP contribution in [0.1, 0.15) is 20.3 Å². The van der Waals surface area contributed by atoms with E-state index in [1.807, 2.05) is 31.7 Å². The molecule has 1 unspecified atom stereocenters. The summed E-state index contributed by atoms with van der Waals surface area (Å²) in [7, 11) is 0. The summed E-state index contributed by atoms with van der Waals surface area (Å²) in [6.45, 7) is 5.74. The van der Waals surface area contributed by atoms with Crippen molar-refractivity contribution in [2.45, 2.75) is 26.3 Å². The summed E-state index contributed by atoms with van der Waals surface area (Å²) in [5, 5.41) is 6.25. The molecule has 0 radical (unpaired) electrons. The number of rotatable bonds is 4. The van der Waals surface area contributed by atoms with Gasteiger partial charge in [0.25, 0.3) is 0 Å². The molecule has 0 aromatic heterocycles. The largest absolute Gasteiger partial charge is 0.353 e. The van der Waals surface area contributed by atoms with Crippen LogP contribution in [0.25, 0.3) is 0 Å². The first-order valence-corrected chi connectivity index (χ1v) is 6.55. The molecule has 0 aliphatic carbocycles. The average Bonchev–Trinajstić information content (AvgIpc) is 2.18. The van der Waals surface area contributed by atoms with E-state index in [2.05, 4.69) is 10.6 Å². The smallest absolute Gasteiger partial charge is 0.221 e. The molecule has 0 aromatic carbocycles. The third-order valence-electron chi connectivity index (χ3n) is 2.24. The summed E-state index contributed by atoms with van der Waals surface area (Å²) in [5.41, 5.74) is 1.24. The van der Waals surface area contributed by atoms with Gasteiger partial charge in [-0.1, -0.05) is 11.6 Å². The first-order chi connectivity index (χ1) is 7.18. The van der Waals surface area contributed by atoms with Gasteiger partial charge in [-0.05, 0) is 13.8 Å². The molecule has 0 saturated carbocycles. The van der Waals surface area contributed by atoms with Crippen LogP contribution in [0.3, 0.4) is 0 Å². The highest BCUT2D eigenvalue weighted by Gasteiger charge is 2.15. The second-order valence-electron chi connectivity index (χ2n) is 4.02. The second-order valence-corrected chi connectivity index (χ2v) is 5.17. The van der Waals surface area contributed by atoms with Gasteiger partial charge in [-0.2, -0.15) is 11.8 Å². The van der Waals surface area contributed by atoms with Gasteiger partial charge in [0.2, 0.25) is 5.91 Å². The van der Waals surface area contributed by atoms with E-state index in [0.29, 0.717) is 19.0 Å². The number of hydrogen-bond donors (Lipinski definition) is 2. The summed E-state index contributed by atoms with van der Waals surface area (Å²) in [5.74, 6) is 2.36. The Morgan fingerprint density at radius 2 is 2.40 bits per heavy atom. The lowest BCUT2D eigenvalue weighted by atomic mass is 10.2. The minimum Gasteiger partial charge on any atom is -0.353 e. The Bertz CT molecular complexity index is 231. The Labute approximate surface area is 96.1 Å². The number of carbonyl (C=O) groups is 1. The molecule has 4 heteroatoms. The Morgan fingerprint density at radius 3 is 3.00 bits per heavy atom. The molecule has 15 heavy (non-hydrogen) atoms. The van der Waals surface area contributed by atoms with Crippen molar-refractivity contribution < 1.29 is 4.79 Å². The van der Waals surface area contributed by atoms with Crippen molar-refractivity contribution in [3.8, 4) is 0 Å². The monoisotopic (exact) mass is 228 g/mol. The van der Waals surface area contributed by atoms with E-state index in [1.165, 1.54) is 5.57 Å². The highest BCUT2D eigenvalue weighted by atomic mass is 32.2. The summed E-state index contributed by atoms with van der Waals surface area (Å²) in [6.07, 6.45) is 2.63. The van der Waals surface area contributed by atoms with E-state index in [-0.39, 0.29) is 5.91 Å². The summed E-state index contributed by atoms with van der Waals surface area (Å²) in [4.78, 5) is 11.5. The van der Waals surface area contributed by atoms with Crippen LogP contribution in [0.4, 0.5) is 0 Å². The van der Waals surface area contributed by atoms with Crippen molar-refractivity contribution in [2.24, 2.45) is 0 Å². The SMILES string of the molecule is CC(C)=CCNC(=O)CC1CSCCN1. The maximum atomic E-state index is 11.5. The zero-order valence-corrected chi connectivity index (χ0v) is 10.3. The van der Waals surface area contributed by atoms with Crippen LogP contribution in [0.5, 0.6) is 0 Å². The standard InChI is InChI=1S/C11H20N2OS/c1-9(2)3-4-13-11(14)7-10-8-15-6-5-12-10/h3,10,12H,4-8H2,1-2H3,(H,13,14). The lowest BCUT2D eigenvalue weighted by Gasteiger charge is -2.22. The van der Waals surface area contributed by atoms with Gasteiger partial charge >= 0.3 is 0 Å². The van der Waals surface area contributed by atoms with Crippen LogP contribution >= 0.6 is 11.8 Å². The van der Waals surface area contributed by atoms with Gasteiger partial charge in [0.05, 0.1) is 0 Å². The van der Waals surface area contributed by atoms with Crippen molar-refractivity contribution in [1.82, 2.24) is 10.6 Å². The topological polar surface area (TPSA) is 41.1 Å². The van der Waals surface area contributed by atoms with Gasteiger partial charge in [0.15, 0.2) is 0 Å². The van der Waals surface area contributed by atoms with Crippen LogP contribution < -0.4 is 10.6 Å². The van der Waals surface area contributed by atoms with E-state index in [9.17, 15) is 4.79 Å². The van der Waals surface area contributed by atoms with Crippen molar-refractivity contribution in [3.05, 3.63) is 11.6 Å². The fraction of sp³-hybridized carbons (Fsp3) is 0.727. The molecule has 1 heterocycles. The average molecular weight is 228 g/mol. The minimum absolute atomic E-state index is 0.146. The van der Waals surface area contributed by atoms with Gasteiger partial charge in [-0.3, -0.25) is 4.79 Å². The molecule has 0 aromatic rings. The zero-order chi connectivity index (χ0) is 11.1. The third kappa shape index (κ3) is 5.85. The molecule has 1 fully saturated rings. The lowest BCUT2D eigenvalue weighted by molar-refractivity contribution is -0.121. The summed E-state index contributed by atoms with van der Waals surface area (Å²) < 4.78 is 0. The van der Waals surface area contributed by atoms with E-state index >= 15 is 0 Å². The molecule has 1 rings (SSSR count). The normalized spacial score (nSPS) is 20.8. The number of amides is 1. The zero-order valence-electron chi connectivity index (χ0n) is 9.51. The molecule has 1 amide bonds. The molecule has 1 aliphatic heterocycles. The fourth-order valence-corrected chi connectivity index (χ4v) is 2.36. The number of thioether (sulfide) groups is 1. The van der Waals surface area contributed by atoms with Crippen molar-refractivity contribution in [3.63, 3.8) is 0 Å².